The van der Waals surface area contributed by atoms with E-state index in [1.54, 1.807) is 0 Å². The molecule has 116 valence electrons. The molecule has 0 bridgehead atoms. The lowest BCUT2D eigenvalue weighted by Crippen LogP contribution is -2.46. The van der Waals surface area contributed by atoms with Crippen molar-refractivity contribution in [3.63, 3.8) is 0 Å². The monoisotopic (exact) mass is 321 g/mol. The molecule has 0 spiro atoms. The van der Waals surface area contributed by atoms with Crippen molar-refractivity contribution in [2.75, 3.05) is 38.0 Å². The van der Waals surface area contributed by atoms with Crippen LogP contribution in [-0.2, 0) is 11.0 Å². The minimum absolute atomic E-state index is 0.0897. The number of carbonyl (C=O) groups is 1. The molecule has 0 radical (unpaired) electrons. The van der Waals surface area contributed by atoms with Gasteiger partial charge >= 0.3 is 6.18 Å². The van der Waals surface area contributed by atoms with Crippen molar-refractivity contribution in [1.82, 2.24) is 10.2 Å². The summed E-state index contributed by atoms with van der Waals surface area (Å²) >= 11 is 5.53. The zero-order valence-corrected chi connectivity index (χ0v) is 11.9. The van der Waals surface area contributed by atoms with Crippen molar-refractivity contribution in [1.29, 1.82) is 0 Å². The van der Waals surface area contributed by atoms with Crippen LogP contribution in [0.5, 0.6) is 0 Å². The maximum atomic E-state index is 12.7. The molecule has 1 saturated heterocycles. The Morgan fingerprint density at radius 3 is 2.62 bits per heavy atom. The lowest BCUT2D eigenvalue weighted by atomic mass is 10.2. The van der Waals surface area contributed by atoms with Crippen LogP contribution >= 0.6 is 11.6 Å². The summed E-state index contributed by atoms with van der Waals surface area (Å²) in [5.41, 5.74) is -0.865. The van der Waals surface area contributed by atoms with E-state index in [1.807, 2.05) is 4.90 Å². The van der Waals surface area contributed by atoms with Crippen LogP contribution in [0.4, 0.5) is 18.9 Å². The fourth-order valence-corrected chi connectivity index (χ4v) is 2.32. The first-order chi connectivity index (χ1) is 9.86. The van der Waals surface area contributed by atoms with Gasteiger partial charge in [0.2, 0.25) is 5.91 Å². The third kappa shape index (κ3) is 4.59. The number of piperazine rings is 1. The highest BCUT2D eigenvalue weighted by molar-refractivity contribution is 6.31. The number of amides is 1. The van der Waals surface area contributed by atoms with E-state index in [4.69, 9.17) is 11.6 Å². The Hall–Kier alpha value is -1.31. The second-order valence-electron chi connectivity index (χ2n) is 4.77. The second-order valence-corrected chi connectivity index (χ2v) is 5.17. The summed E-state index contributed by atoms with van der Waals surface area (Å²) < 4.78 is 38.2. The van der Waals surface area contributed by atoms with Gasteiger partial charge in [0.1, 0.15) is 0 Å². The highest BCUT2D eigenvalue weighted by Crippen LogP contribution is 2.36. The largest absolute Gasteiger partial charge is 0.417 e. The van der Waals surface area contributed by atoms with E-state index in [2.05, 4.69) is 10.6 Å². The Bertz CT molecular complexity index is 516. The van der Waals surface area contributed by atoms with E-state index in [9.17, 15) is 18.0 Å². The number of alkyl halides is 3. The van der Waals surface area contributed by atoms with Crippen LogP contribution in [0.3, 0.4) is 0 Å². The van der Waals surface area contributed by atoms with Crippen molar-refractivity contribution < 1.29 is 18.0 Å². The molecule has 1 heterocycles. The minimum Gasteiger partial charge on any atom is -0.325 e. The van der Waals surface area contributed by atoms with Gasteiger partial charge in [-0.2, -0.15) is 13.2 Å². The quantitative estimate of drug-likeness (QED) is 0.897. The molecule has 2 N–H and O–H groups in total. The van der Waals surface area contributed by atoms with Crippen molar-refractivity contribution in [3.05, 3.63) is 28.8 Å². The molecule has 0 atom stereocenters. The molecular weight excluding hydrogens is 307 g/mol. The van der Waals surface area contributed by atoms with Crippen molar-refractivity contribution >= 4 is 23.2 Å². The smallest absolute Gasteiger partial charge is 0.325 e. The van der Waals surface area contributed by atoms with Crippen molar-refractivity contribution in [2.24, 2.45) is 0 Å². The highest BCUT2D eigenvalue weighted by Gasteiger charge is 2.33. The van der Waals surface area contributed by atoms with Gasteiger partial charge in [-0.25, -0.2) is 0 Å². The summed E-state index contributed by atoms with van der Waals surface area (Å²) in [5, 5.41) is 5.24. The van der Waals surface area contributed by atoms with Crippen LogP contribution < -0.4 is 10.6 Å². The van der Waals surface area contributed by atoms with Crippen LogP contribution in [0.1, 0.15) is 5.56 Å². The molecule has 0 saturated carbocycles. The number of nitrogens with zero attached hydrogens (tertiary/aromatic N) is 1. The predicted molar refractivity (Wildman–Crippen MR) is 74.4 cm³/mol. The van der Waals surface area contributed by atoms with E-state index in [0.717, 1.165) is 38.3 Å². The molecule has 1 amide bonds. The molecule has 1 aromatic rings. The van der Waals surface area contributed by atoms with Gasteiger partial charge in [0.05, 0.1) is 17.1 Å². The van der Waals surface area contributed by atoms with Crippen LogP contribution in [-0.4, -0.2) is 43.5 Å². The number of benzene rings is 1. The fraction of sp³-hybridized carbons (Fsp3) is 0.462. The molecule has 1 aliphatic heterocycles. The summed E-state index contributed by atoms with van der Waals surface area (Å²) in [6.07, 6.45) is -4.55. The molecule has 21 heavy (non-hydrogen) atoms. The summed E-state index contributed by atoms with van der Waals surface area (Å²) in [6.45, 7) is 3.23. The lowest BCUT2D eigenvalue weighted by Gasteiger charge is -2.26. The van der Waals surface area contributed by atoms with Gasteiger partial charge in [-0.05, 0) is 18.2 Å². The first kappa shape index (κ1) is 16.1. The normalized spacial score (nSPS) is 16.8. The highest BCUT2D eigenvalue weighted by atomic mass is 35.5. The Morgan fingerprint density at radius 2 is 2.00 bits per heavy atom. The zero-order chi connectivity index (χ0) is 15.5. The SMILES string of the molecule is O=C(CN1CCNCC1)Nc1ccc(Cl)c(C(F)(F)F)c1. The summed E-state index contributed by atoms with van der Waals surface area (Å²) in [4.78, 5) is 13.8. The molecule has 2 rings (SSSR count). The number of anilines is 1. The summed E-state index contributed by atoms with van der Waals surface area (Å²) in [6, 6.07) is 3.33. The van der Waals surface area contributed by atoms with Gasteiger partial charge < -0.3 is 10.6 Å². The number of halogens is 4. The average Bonchev–Trinajstić information content (AvgIpc) is 2.41. The molecule has 8 heteroatoms. The van der Waals surface area contributed by atoms with Crippen molar-refractivity contribution in [3.8, 4) is 0 Å². The molecule has 4 nitrogen and oxygen atoms in total. The van der Waals surface area contributed by atoms with Gasteiger partial charge in [0.25, 0.3) is 0 Å². The Labute approximate surface area is 125 Å². The van der Waals surface area contributed by atoms with Crippen LogP contribution in [0.2, 0.25) is 5.02 Å². The second kappa shape index (κ2) is 6.64. The summed E-state index contributed by atoms with van der Waals surface area (Å²) in [7, 11) is 0. The third-order valence-electron chi connectivity index (χ3n) is 3.13. The van der Waals surface area contributed by atoms with E-state index in [-0.39, 0.29) is 23.2 Å². The molecule has 1 aromatic carbocycles. The molecular formula is C13H15ClF3N3O. The van der Waals surface area contributed by atoms with Gasteiger partial charge in [0.15, 0.2) is 0 Å². The lowest BCUT2D eigenvalue weighted by molar-refractivity contribution is -0.137. The van der Waals surface area contributed by atoms with Crippen LogP contribution in [0.25, 0.3) is 0 Å². The number of hydrogen-bond donors (Lipinski definition) is 2. The molecule has 0 aromatic heterocycles. The maximum Gasteiger partial charge on any atom is 0.417 e. The van der Waals surface area contributed by atoms with E-state index in [1.165, 1.54) is 6.07 Å². The predicted octanol–water partition coefficient (Wildman–Crippen LogP) is 2.20. The Morgan fingerprint density at radius 1 is 1.33 bits per heavy atom. The average molecular weight is 322 g/mol. The van der Waals surface area contributed by atoms with Crippen molar-refractivity contribution in [2.45, 2.75) is 6.18 Å². The van der Waals surface area contributed by atoms with Gasteiger partial charge in [-0.1, -0.05) is 11.6 Å². The van der Waals surface area contributed by atoms with Gasteiger partial charge in [-0.3, -0.25) is 9.69 Å². The van der Waals surface area contributed by atoms with Crippen LogP contribution in [0.15, 0.2) is 18.2 Å². The zero-order valence-electron chi connectivity index (χ0n) is 11.1. The van der Waals surface area contributed by atoms with E-state index >= 15 is 0 Å². The fourth-order valence-electron chi connectivity index (χ4n) is 2.09. The van der Waals surface area contributed by atoms with E-state index in [0.29, 0.717) is 0 Å². The number of hydrogen-bond acceptors (Lipinski definition) is 3. The molecule has 0 aliphatic carbocycles. The first-order valence-electron chi connectivity index (χ1n) is 6.46. The summed E-state index contributed by atoms with van der Waals surface area (Å²) in [5.74, 6) is -0.340. The number of carbonyl (C=O) groups excluding carboxylic acids is 1. The van der Waals surface area contributed by atoms with E-state index < -0.39 is 11.7 Å². The number of rotatable bonds is 3. The molecule has 1 fully saturated rings. The topological polar surface area (TPSA) is 44.4 Å². The Balaban J connectivity index is 2.00. The third-order valence-corrected chi connectivity index (χ3v) is 3.46. The van der Waals surface area contributed by atoms with Crippen LogP contribution in [0, 0.1) is 0 Å². The molecule has 0 unspecified atom stereocenters. The Kier molecular flexibility index (Phi) is 5.08. The maximum absolute atomic E-state index is 12.7. The molecule has 1 aliphatic rings. The minimum atomic E-state index is -4.55. The van der Waals surface area contributed by atoms with Gasteiger partial charge in [0, 0.05) is 31.9 Å². The number of nitrogens with one attached hydrogen (secondary N) is 2. The van der Waals surface area contributed by atoms with Gasteiger partial charge in [-0.15, -0.1) is 0 Å². The first-order valence-corrected chi connectivity index (χ1v) is 6.84. The standard InChI is InChI=1S/C13H15ClF3N3O/c14-11-2-1-9(7-10(11)13(15,16)17)19-12(21)8-20-5-3-18-4-6-20/h1-2,7,18H,3-6,8H2,(H,19,21).